The van der Waals surface area contributed by atoms with Crippen LogP contribution in [-0.4, -0.2) is 30.4 Å². The van der Waals surface area contributed by atoms with E-state index in [-0.39, 0.29) is 10.8 Å². The van der Waals surface area contributed by atoms with Gasteiger partial charge in [-0.3, -0.25) is 4.79 Å². The van der Waals surface area contributed by atoms with Crippen molar-refractivity contribution in [3.8, 4) is 0 Å². The average Bonchev–Trinajstić information content (AvgIpc) is 2.63. The molecule has 1 amide bonds. The maximum absolute atomic E-state index is 13.0. The van der Waals surface area contributed by atoms with Crippen LogP contribution in [0, 0.1) is 10.8 Å². The summed E-state index contributed by atoms with van der Waals surface area (Å²) in [6, 6.07) is 0. The fourth-order valence-electron chi connectivity index (χ4n) is 3.84. The molecule has 110 valence electrons. The Morgan fingerprint density at radius 3 is 2.21 bits per heavy atom. The largest absolute Gasteiger partial charge is 0.342 e. The van der Waals surface area contributed by atoms with Crippen molar-refractivity contribution in [3.63, 3.8) is 0 Å². The van der Waals surface area contributed by atoms with Crippen LogP contribution in [0.25, 0.3) is 0 Å². The van der Waals surface area contributed by atoms with Crippen LogP contribution < -0.4 is 5.73 Å². The summed E-state index contributed by atoms with van der Waals surface area (Å²) < 4.78 is 0. The first-order valence-electron chi connectivity index (χ1n) is 7.99. The summed E-state index contributed by atoms with van der Waals surface area (Å²) in [5.74, 6) is 0.352. The third kappa shape index (κ3) is 3.31. The van der Waals surface area contributed by atoms with Crippen molar-refractivity contribution in [2.24, 2.45) is 16.6 Å². The Labute approximate surface area is 117 Å². The summed E-state index contributed by atoms with van der Waals surface area (Å²) in [5.41, 5.74) is 6.06. The van der Waals surface area contributed by atoms with Crippen molar-refractivity contribution < 1.29 is 4.79 Å². The van der Waals surface area contributed by atoms with E-state index >= 15 is 0 Å². The molecule has 0 unspecified atom stereocenters. The Hall–Kier alpha value is -0.570. The first kappa shape index (κ1) is 14.8. The molecular weight excluding hydrogens is 236 g/mol. The number of carbonyl (C=O) groups excluding carboxylic acids is 1. The fraction of sp³-hybridized carbons (Fsp3) is 0.938. The molecule has 0 spiro atoms. The summed E-state index contributed by atoms with van der Waals surface area (Å²) in [6.45, 7) is 6.92. The maximum Gasteiger partial charge on any atom is 0.230 e. The molecule has 0 atom stereocenters. The van der Waals surface area contributed by atoms with Gasteiger partial charge < -0.3 is 10.6 Å². The number of nitrogens with zero attached hydrogens (tertiary/aromatic N) is 1. The highest BCUT2D eigenvalue weighted by atomic mass is 16.2. The molecule has 2 aliphatic rings. The number of carbonyl (C=O) groups is 1. The van der Waals surface area contributed by atoms with E-state index in [2.05, 4.69) is 18.7 Å². The topological polar surface area (TPSA) is 46.3 Å². The molecule has 2 N–H and O–H groups in total. The molecule has 0 aromatic rings. The Bertz CT molecular complexity index is 317. The van der Waals surface area contributed by atoms with Crippen LogP contribution in [0.4, 0.5) is 0 Å². The molecule has 2 fully saturated rings. The second kappa shape index (κ2) is 5.82. The third-order valence-corrected chi connectivity index (χ3v) is 5.09. The SMILES string of the molecule is CC1(C)CCCN(C(=O)C2(CN)CCCCCC2)C1. The van der Waals surface area contributed by atoms with E-state index in [1.807, 2.05) is 0 Å². The molecule has 0 aromatic heterocycles. The van der Waals surface area contributed by atoms with Crippen LogP contribution in [0.1, 0.15) is 65.2 Å². The lowest BCUT2D eigenvalue weighted by Crippen LogP contribution is -2.52. The Morgan fingerprint density at radius 2 is 1.68 bits per heavy atom. The second-order valence-electron chi connectivity index (χ2n) is 7.39. The second-order valence-corrected chi connectivity index (χ2v) is 7.39. The molecule has 2 rings (SSSR count). The first-order valence-corrected chi connectivity index (χ1v) is 7.99. The van der Waals surface area contributed by atoms with E-state index in [1.54, 1.807) is 0 Å². The van der Waals surface area contributed by atoms with Crippen molar-refractivity contribution in [2.75, 3.05) is 19.6 Å². The van der Waals surface area contributed by atoms with E-state index in [0.717, 1.165) is 32.4 Å². The number of piperidine rings is 1. The van der Waals surface area contributed by atoms with Gasteiger partial charge in [0.05, 0.1) is 5.41 Å². The molecule has 3 heteroatoms. The molecule has 0 aromatic carbocycles. The molecule has 1 aliphatic heterocycles. The standard InChI is InChI=1S/C16H30N2O/c1-15(2)8-7-11-18(13-15)14(19)16(12-17)9-5-3-4-6-10-16/h3-13,17H2,1-2H3. The molecule has 1 saturated carbocycles. The van der Waals surface area contributed by atoms with E-state index in [0.29, 0.717) is 12.5 Å². The van der Waals surface area contributed by atoms with Gasteiger partial charge in [-0.1, -0.05) is 39.5 Å². The number of nitrogens with two attached hydrogens (primary N) is 1. The molecule has 0 radical (unpaired) electrons. The molecule has 1 saturated heterocycles. The van der Waals surface area contributed by atoms with E-state index in [4.69, 9.17) is 5.73 Å². The van der Waals surface area contributed by atoms with Crippen LogP contribution in [0.5, 0.6) is 0 Å². The Balaban J connectivity index is 2.11. The lowest BCUT2D eigenvalue weighted by Gasteiger charge is -2.43. The van der Waals surface area contributed by atoms with Crippen LogP contribution in [0.2, 0.25) is 0 Å². The van der Waals surface area contributed by atoms with Gasteiger partial charge in [0, 0.05) is 19.6 Å². The minimum absolute atomic E-state index is 0.246. The molecule has 1 heterocycles. The fourth-order valence-corrected chi connectivity index (χ4v) is 3.84. The Morgan fingerprint density at radius 1 is 1.05 bits per heavy atom. The normalized spacial score (nSPS) is 26.8. The van der Waals surface area contributed by atoms with Gasteiger partial charge in [-0.05, 0) is 31.1 Å². The van der Waals surface area contributed by atoms with Crippen molar-refractivity contribution in [1.29, 1.82) is 0 Å². The van der Waals surface area contributed by atoms with Crippen LogP contribution >= 0.6 is 0 Å². The van der Waals surface area contributed by atoms with Crippen molar-refractivity contribution in [3.05, 3.63) is 0 Å². The van der Waals surface area contributed by atoms with Crippen molar-refractivity contribution >= 4 is 5.91 Å². The van der Waals surface area contributed by atoms with Gasteiger partial charge in [-0.2, -0.15) is 0 Å². The minimum atomic E-state index is -0.246. The monoisotopic (exact) mass is 266 g/mol. The van der Waals surface area contributed by atoms with Crippen molar-refractivity contribution in [1.82, 2.24) is 4.90 Å². The molecule has 1 aliphatic carbocycles. The van der Waals surface area contributed by atoms with Crippen LogP contribution in [0.15, 0.2) is 0 Å². The smallest absolute Gasteiger partial charge is 0.230 e. The molecular formula is C16H30N2O. The highest BCUT2D eigenvalue weighted by molar-refractivity contribution is 5.83. The number of hydrogen-bond acceptors (Lipinski definition) is 2. The average molecular weight is 266 g/mol. The number of amides is 1. The van der Waals surface area contributed by atoms with Gasteiger partial charge in [0.15, 0.2) is 0 Å². The molecule has 19 heavy (non-hydrogen) atoms. The van der Waals surface area contributed by atoms with Gasteiger partial charge in [0.2, 0.25) is 5.91 Å². The lowest BCUT2D eigenvalue weighted by atomic mass is 9.77. The summed E-state index contributed by atoms with van der Waals surface area (Å²) >= 11 is 0. The summed E-state index contributed by atoms with van der Waals surface area (Å²) in [5, 5.41) is 0. The third-order valence-electron chi connectivity index (χ3n) is 5.09. The first-order chi connectivity index (χ1) is 8.99. The van der Waals surface area contributed by atoms with E-state index in [1.165, 1.54) is 32.1 Å². The van der Waals surface area contributed by atoms with Crippen molar-refractivity contribution in [2.45, 2.75) is 65.2 Å². The zero-order valence-corrected chi connectivity index (χ0v) is 12.7. The maximum atomic E-state index is 13.0. The van der Waals surface area contributed by atoms with E-state index < -0.39 is 0 Å². The summed E-state index contributed by atoms with van der Waals surface area (Å²) in [4.78, 5) is 15.1. The predicted octanol–water partition coefficient (Wildman–Crippen LogP) is 2.93. The number of likely N-dealkylation sites (tertiary alicyclic amines) is 1. The highest BCUT2D eigenvalue weighted by Gasteiger charge is 2.42. The van der Waals surface area contributed by atoms with Crippen LogP contribution in [-0.2, 0) is 4.79 Å². The summed E-state index contributed by atoms with van der Waals surface area (Å²) in [7, 11) is 0. The van der Waals surface area contributed by atoms with E-state index in [9.17, 15) is 4.79 Å². The van der Waals surface area contributed by atoms with Gasteiger partial charge >= 0.3 is 0 Å². The molecule has 0 bridgehead atoms. The van der Waals surface area contributed by atoms with Gasteiger partial charge in [0.1, 0.15) is 0 Å². The lowest BCUT2D eigenvalue weighted by molar-refractivity contribution is -0.145. The quantitative estimate of drug-likeness (QED) is 0.781. The summed E-state index contributed by atoms with van der Waals surface area (Å²) in [6.07, 6.45) is 9.23. The van der Waals surface area contributed by atoms with Crippen LogP contribution in [0.3, 0.4) is 0 Å². The predicted molar refractivity (Wildman–Crippen MR) is 78.8 cm³/mol. The van der Waals surface area contributed by atoms with Gasteiger partial charge in [-0.25, -0.2) is 0 Å². The minimum Gasteiger partial charge on any atom is -0.342 e. The highest BCUT2D eigenvalue weighted by Crippen LogP contribution is 2.38. The van der Waals surface area contributed by atoms with Gasteiger partial charge in [-0.15, -0.1) is 0 Å². The zero-order chi connectivity index (χ0) is 13.9. The Kier molecular flexibility index (Phi) is 4.54. The van der Waals surface area contributed by atoms with Gasteiger partial charge in [0.25, 0.3) is 0 Å². The zero-order valence-electron chi connectivity index (χ0n) is 12.7. The number of hydrogen-bond donors (Lipinski definition) is 1. The molecule has 3 nitrogen and oxygen atoms in total. The number of rotatable bonds is 2.